The van der Waals surface area contributed by atoms with Gasteiger partial charge < -0.3 is 15.0 Å². The highest BCUT2D eigenvalue weighted by atomic mass is 35.5. The van der Waals surface area contributed by atoms with Gasteiger partial charge in [-0.25, -0.2) is 0 Å². The second-order valence-electron chi connectivity index (χ2n) is 6.93. The molecule has 0 aliphatic carbocycles. The summed E-state index contributed by atoms with van der Waals surface area (Å²) in [4.78, 5) is 14.0. The van der Waals surface area contributed by atoms with Gasteiger partial charge in [0.2, 0.25) is 5.91 Å². The Morgan fingerprint density at radius 1 is 1.36 bits per heavy atom. The molecule has 0 spiro atoms. The number of carbonyl (C=O) groups is 1. The lowest BCUT2D eigenvalue weighted by molar-refractivity contribution is -0.122. The number of amidine groups is 1. The average Bonchev–Trinajstić information content (AvgIpc) is 2.89. The van der Waals surface area contributed by atoms with Crippen LogP contribution < -0.4 is 5.32 Å². The summed E-state index contributed by atoms with van der Waals surface area (Å²) in [6.07, 6.45) is 1.81. The van der Waals surface area contributed by atoms with Crippen LogP contribution in [0.5, 0.6) is 0 Å². The minimum absolute atomic E-state index is 0.0274. The fourth-order valence-electron chi connectivity index (χ4n) is 3.54. The number of halogens is 1. The van der Waals surface area contributed by atoms with Crippen LogP contribution in [0.2, 0.25) is 5.02 Å². The molecule has 152 valence electrons. The zero-order chi connectivity index (χ0) is 20.3. The molecule has 1 N–H and O–H groups in total. The van der Waals surface area contributed by atoms with Crippen LogP contribution in [0, 0.1) is 0 Å². The summed E-state index contributed by atoms with van der Waals surface area (Å²) < 4.78 is 34.3. The smallest absolute Gasteiger partial charge is 0.285 e. The van der Waals surface area contributed by atoms with Crippen molar-refractivity contribution in [2.24, 2.45) is 4.40 Å². The van der Waals surface area contributed by atoms with Crippen molar-refractivity contribution in [2.45, 2.75) is 32.2 Å². The highest BCUT2D eigenvalue weighted by molar-refractivity contribution is 8.00. The van der Waals surface area contributed by atoms with Crippen LogP contribution in [0.15, 0.2) is 34.2 Å². The molecule has 9 heteroatoms. The highest BCUT2D eigenvalue weighted by Crippen LogP contribution is 2.35. The maximum Gasteiger partial charge on any atom is 0.285 e. The maximum absolute atomic E-state index is 12.7. The molecule has 0 unspecified atom stereocenters. The Morgan fingerprint density at radius 2 is 2.07 bits per heavy atom. The van der Waals surface area contributed by atoms with Crippen molar-refractivity contribution in [3.63, 3.8) is 0 Å². The number of benzene rings is 1. The molecule has 1 aromatic rings. The lowest BCUT2D eigenvalue weighted by atomic mass is 10.0. The Bertz CT molecular complexity index is 919. The zero-order valence-electron chi connectivity index (χ0n) is 15.9. The van der Waals surface area contributed by atoms with E-state index in [1.165, 1.54) is 0 Å². The van der Waals surface area contributed by atoms with Gasteiger partial charge in [0.15, 0.2) is 0 Å². The van der Waals surface area contributed by atoms with Gasteiger partial charge in [0.1, 0.15) is 10.7 Å². The molecule has 0 saturated carbocycles. The molecule has 0 radical (unpaired) electrons. The van der Waals surface area contributed by atoms with E-state index in [1.807, 2.05) is 4.90 Å². The monoisotopic (exact) mass is 425 g/mol. The van der Waals surface area contributed by atoms with Gasteiger partial charge in [0, 0.05) is 43.3 Å². The van der Waals surface area contributed by atoms with Crippen LogP contribution in [0.4, 0.5) is 0 Å². The number of likely N-dealkylation sites (tertiary alicyclic amines) is 1. The van der Waals surface area contributed by atoms with Gasteiger partial charge >= 0.3 is 0 Å². The number of nitrogens with zero attached hydrogens (tertiary/aromatic N) is 2. The Labute approximate surface area is 170 Å². The number of amides is 1. The fourth-order valence-corrected chi connectivity index (χ4v) is 5.21. The quantitative estimate of drug-likeness (QED) is 0.782. The second kappa shape index (κ2) is 8.63. The van der Waals surface area contributed by atoms with Crippen molar-refractivity contribution in [3.05, 3.63) is 40.4 Å². The van der Waals surface area contributed by atoms with Crippen molar-refractivity contribution in [1.29, 1.82) is 0 Å². The minimum Gasteiger partial charge on any atom is -0.384 e. The van der Waals surface area contributed by atoms with Crippen molar-refractivity contribution < 1.29 is 17.9 Å². The molecule has 0 bridgehead atoms. The van der Waals surface area contributed by atoms with Crippen molar-refractivity contribution >= 4 is 38.3 Å². The number of nitrogens with one attached hydrogen (secondary N) is 1. The Kier molecular flexibility index (Phi) is 6.42. The van der Waals surface area contributed by atoms with Gasteiger partial charge in [0.05, 0.1) is 6.61 Å². The molecule has 2 aliphatic heterocycles. The van der Waals surface area contributed by atoms with E-state index in [-0.39, 0.29) is 16.9 Å². The molecule has 2 heterocycles. The van der Waals surface area contributed by atoms with Crippen LogP contribution >= 0.6 is 11.6 Å². The molecule has 1 saturated heterocycles. The molecular formula is C19H24ClN3O4S. The predicted molar refractivity (Wildman–Crippen MR) is 110 cm³/mol. The van der Waals surface area contributed by atoms with Gasteiger partial charge in [-0.15, -0.1) is 4.40 Å². The lowest BCUT2D eigenvalue weighted by Crippen LogP contribution is -2.46. The number of hydrogen-bond donors (Lipinski definition) is 1. The zero-order valence-corrected chi connectivity index (χ0v) is 17.5. The van der Waals surface area contributed by atoms with Gasteiger partial charge in [-0.2, -0.15) is 8.42 Å². The third-order valence-electron chi connectivity index (χ3n) is 4.92. The van der Waals surface area contributed by atoms with E-state index in [0.29, 0.717) is 48.1 Å². The van der Waals surface area contributed by atoms with Crippen molar-refractivity contribution in [1.82, 2.24) is 10.2 Å². The summed E-state index contributed by atoms with van der Waals surface area (Å²) in [5.41, 5.74) is 1.17. The largest absolute Gasteiger partial charge is 0.384 e. The van der Waals surface area contributed by atoms with Crippen LogP contribution in [0.25, 0.3) is 4.91 Å². The predicted octanol–water partition coefficient (Wildman–Crippen LogP) is 2.43. The Balaban J connectivity index is 1.71. The standard InChI is InChI=1S/C19H24ClN3O4S/c1-13-18(14-4-3-5-15(20)12-14)28(25,26)22-19(13)23-9-6-16(7-10-23)21-17(24)8-11-27-2/h3-5,12,16H,6-11H2,1-2H3,(H,21,24). The normalized spacial score (nSPS) is 19.7. The topological polar surface area (TPSA) is 88.1 Å². The summed E-state index contributed by atoms with van der Waals surface area (Å²) in [6.45, 7) is 3.43. The van der Waals surface area contributed by atoms with Gasteiger partial charge in [0.25, 0.3) is 10.0 Å². The molecule has 1 fully saturated rings. The number of methoxy groups -OCH3 is 1. The van der Waals surface area contributed by atoms with Crippen LogP contribution in [-0.4, -0.2) is 57.9 Å². The second-order valence-corrected chi connectivity index (χ2v) is 8.90. The molecule has 1 aromatic carbocycles. The minimum atomic E-state index is -3.76. The van der Waals surface area contributed by atoms with E-state index in [9.17, 15) is 13.2 Å². The molecule has 28 heavy (non-hydrogen) atoms. The number of rotatable bonds is 5. The van der Waals surface area contributed by atoms with E-state index < -0.39 is 10.0 Å². The van der Waals surface area contributed by atoms with E-state index in [4.69, 9.17) is 16.3 Å². The van der Waals surface area contributed by atoms with E-state index in [0.717, 1.165) is 12.8 Å². The Hall–Kier alpha value is -1.90. The summed E-state index contributed by atoms with van der Waals surface area (Å²) >= 11 is 6.03. The summed E-state index contributed by atoms with van der Waals surface area (Å²) in [5, 5.41) is 3.48. The first kappa shape index (κ1) is 20.8. The summed E-state index contributed by atoms with van der Waals surface area (Å²) in [6, 6.07) is 6.87. The lowest BCUT2D eigenvalue weighted by Gasteiger charge is -2.33. The molecular weight excluding hydrogens is 402 g/mol. The molecule has 0 aromatic heterocycles. The third-order valence-corrected chi connectivity index (χ3v) is 6.63. The van der Waals surface area contributed by atoms with Gasteiger partial charge in [-0.3, -0.25) is 4.79 Å². The van der Waals surface area contributed by atoms with E-state index in [2.05, 4.69) is 9.71 Å². The maximum atomic E-state index is 12.7. The fraction of sp³-hybridized carbons (Fsp3) is 0.474. The average molecular weight is 426 g/mol. The van der Waals surface area contributed by atoms with Crippen molar-refractivity contribution in [3.8, 4) is 0 Å². The molecule has 1 amide bonds. The number of carbonyl (C=O) groups excluding carboxylic acids is 1. The number of hydrogen-bond acceptors (Lipinski definition) is 5. The Morgan fingerprint density at radius 3 is 2.71 bits per heavy atom. The number of piperidine rings is 1. The highest BCUT2D eigenvalue weighted by Gasteiger charge is 2.35. The van der Waals surface area contributed by atoms with Crippen LogP contribution in [0.3, 0.4) is 0 Å². The van der Waals surface area contributed by atoms with E-state index in [1.54, 1.807) is 38.3 Å². The van der Waals surface area contributed by atoms with Crippen LogP contribution in [0.1, 0.15) is 31.7 Å². The summed E-state index contributed by atoms with van der Waals surface area (Å²) in [5.74, 6) is 0.458. The first-order chi connectivity index (χ1) is 13.3. The molecule has 7 nitrogen and oxygen atoms in total. The number of ether oxygens (including phenoxy) is 1. The van der Waals surface area contributed by atoms with Gasteiger partial charge in [-0.1, -0.05) is 23.7 Å². The first-order valence-electron chi connectivity index (χ1n) is 9.17. The van der Waals surface area contributed by atoms with Crippen molar-refractivity contribution in [2.75, 3.05) is 26.8 Å². The van der Waals surface area contributed by atoms with Gasteiger partial charge in [-0.05, 0) is 37.5 Å². The van der Waals surface area contributed by atoms with E-state index >= 15 is 0 Å². The molecule has 0 atom stereocenters. The number of sulfonamides is 1. The SMILES string of the molecule is COCCC(=O)NC1CCN(C2=NS(=O)(=O)C(c3cccc(Cl)c3)=C2C)CC1. The third kappa shape index (κ3) is 4.56. The van der Waals surface area contributed by atoms with Crippen LogP contribution in [-0.2, 0) is 19.6 Å². The molecule has 3 rings (SSSR count). The summed E-state index contributed by atoms with van der Waals surface area (Å²) in [7, 11) is -2.20. The first-order valence-corrected chi connectivity index (χ1v) is 11.0. The molecule has 2 aliphatic rings.